The summed E-state index contributed by atoms with van der Waals surface area (Å²) in [5.41, 5.74) is 1.87. The topological polar surface area (TPSA) is 70.2 Å². The largest absolute Gasteiger partial charge is 0.333 e. The normalized spacial score (nSPS) is 13.5. The van der Waals surface area contributed by atoms with Gasteiger partial charge in [-0.15, -0.1) is 0 Å². The van der Waals surface area contributed by atoms with Gasteiger partial charge in [-0.1, -0.05) is 60.7 Å². The Labute approximate surface area is 161 Å². The monoisotopic (exact) mass is 367 g/mol. The number of imide groups is 1. The Bertz CT molecular complexity index is 739. The number of urea groups is 1. The summed E-state index contributed by atoms with van der Waals surface area (Å²) >= 11 is 0. The molecule has 0 fully saturated rings. The average Bonchev–Trinajstić information content (AvgIpc) is 2.61. The summed E-state index contributed by atoms with van der Waals surface area (Å²) in [6.45, 7) is 7.36. The molecule has 0 spiro atoms. The van der Waals surface area contributed by atoms with Gasteiger partial charge in [-0.05, 0) is 45.2 Å². The molecule has 27 heavy (non-hydrogen) atoms. The molecule has 2 aromatic rings. The molecule has 144 valence electrons. The van der Waals surface area contributed by atoms with Gasteiger partial charge < -0.3 is 5.32 Å². The van der Waals surface area contributed by atoms with Gasteiger partial charge in [0.15, 0.2) is 0 Å². The van der Waals surface area contributed by atoms with E-state index < -0.39 is 17.6 Å². The molecule has 2 unspecified atom stereocenters. The molecule has 5 nitrogen and oxygen atoms in total. The molecule has 0 aliphatic heterocycles. The van der Waals surface area contributed by atoms with Crippen LogP contribution in [0, 0.1) is 0 Å². The third-order valence-corrected chi connectivity index (χ3v) is 4.05. The summed E-state index contributed by atoms with van der Waals surface area (Å²) in [6.07, 6.45) is 0.747. The molecule has 0 bridgehead atoms. The Morgan fingerprint density at radius 3 is 2.04 bits per heavy atom. The smallest absolute Gasteiger partial charge is 0.321 e. The number of nitrogens with one attached hydrogen (secondary N) is 3. The first-order valence-electron chi connectivity index (χ1n) is 9.22. The number of hydrogen-bond donors (Lipinski definition) is 3. The predicted octanol–water partition coefficient (Wildman–Crippen LogP) is 3.57. The van der Waals surface area contributed by atoms with Gasteiger partial charge in [0.25, 0.3) is 0 Å². The van der Waals surface area contributed by atoms with Gasteiger partial charge in [0.1, 0.15) is 0 Å². The quantitative estimate of drug-likeness (QED) is 0.731. The van der Waals surface area contributed by atoms with Crippen LogP contribution in [0.4, 0.5) is 4.79 Å². The zero-order valence-corrected chi connectivity index (χ0v) is 16.5. The molecule has 3 amide bonds. The second kappa shape index (κ2) is 9.33. The van der Waals surface area contributed by atoms with Crippen molar-refractivity contribution in [3.63, 3.8) is 0 Å². The Morgan fingerprint density at radius 2 is 1.48 bits per heavy atom. The molecule has 0 radical (unpaired) electrons. The minimum atomic E-state index is -0.523. The van der Waals surface area contributed by atoms with E-state index in [1.165, 1.54) is 5.56 Å². The Kier molecular flexibility index (Phi) is 7.13. The maximum atomic E-state index is 12.4. The molecule has 5 heteroatoms. The average molecular weight is 367 g/mol. The zero-order chi connectivity index (χ0) is 19.9. The molecule has 0 heterocycles. The van der Waals surface area contributed by atoms with Crippen LogP contribution in [0.2, 0.25) is 0 Å². The van der Waals surface area contributed by atoms with Crippen LogP contribution in [0.5, 0.6) is 0 Å². The minimum Gasteiger partial charge on any atom is -0.333 e. The van der Waals surface area contributed by atoms with Crippen molar-refractivity contribution >= 4 is 11.9 Å². The highest BCUT2D eigenvalue weighted by molar-refractivity contribution is 5.97. The van der Waals surface area contributed by atoms with Crippen LogP contribution in [0.1, 0.15) is 44.9 Å². The third-order valence-electron chi connectivity index (χ3n) is 4.05. The van der Waals surface area contributed by atoms with E-state index in [1.54, 1.807) is 6.92 Å². The Morgan fingerprint density at radius 1 is 0.926 bits per heavy atom. The van der Waals surface area contributed by atoms with Gasteiger partial charge in [-0.2, -0.15) is 0 Å². The van der Waals surface area contributed by atoms with E-state index in [9.17, 15) is 9.59 Å². The SMILES string of the molecule is CC(NC(Cc1ccccc1)c1ccccc1)C(=O)NC(=O)NC(C)(C)C. The molecule has 0 aliphatic rings. The molecule has 2 aromatic carbocycles. The van der Waals surface area contributed by atoms with Gasteiger partial charge in [0.05, 0.1) is 6.04 Å². The predicted molar refractivity (Wildman–Crippen MR) is 108 cm³/mol. The molecule has 2 atom stereocenters. The van der Waals surface area contributed by atoms with Crippen LogP contribution in [-0.4, -0.2) is 23.5 Å². The first-order valence-corrected chi connectivity index (χ1v) is 9.22. The molecule has 0 aliphatic carbocycles. The lowest BCUT2D eigenvalue weighted by molar-refractivity contribution is -0.121. The summed E-state index contributed by atoms with van der Waals surface area (Å²) in [5.74, 6) is -0.356. The fraction of sp³-hybridized carbons (Fsp3) is 0.364. The van der Waals surface area contributed by atoms with Crippen molar-refractivity contribution < 1.29 is 9.59 Å². The highest BCUT2D eigenvalue weighted by Crippen LogP contribution is 2.19. The summed E-state index contributed by atoms with van der Waals surface area (Å²) in [7, 11) is 0. The maximum absolute atomic E-state index is 12.4. The van der Waals surface area contributed by atoms with E-state index in [0.717, 1.165) is 12.0 Å². The second-order valence-electron chi connectivity index (χ2n) is 7.73. The zero-order valence-electron chi connectivity index (χ0n) is 16.5. The molecule has 0 aromatic heterocycles. The van der Waals surface area contributed by atoms with Crippen LogP contribution in [-0.2, 0) is 11.2 Å². The van der Waals surface area contributed by atoms with Crippen LogP contribution in [0.3, 0.4) is 0 Å². The van der Waals surface area contributed by atoms with Crippen molar-refractivity contribution in [2.75, 3.05) is 0 Å². The molecule has 3 N–H and O–H groups in total. The first kappa shape index (κ1) is 20.6. The van der Waals surface area contributed by atoms with Crippen molar-refractivity contribution in [1.82, 2.24) is 16.0 Å². The maximum Gasteiger partial charge on any atom is 0.321 e. The van der Waals surface area contributed by atoms with Gasteiger partial charge >= 0.3 is 6.03 Å². The van der Waals surface area contributed by atoms with E-state index in [1.807, 2.05) is 69.3 Å². The van der Waals surface area contributed by atoms with E-state index in [2.05, 4.69) is 28.1 Å². The molecule has 2 rings (SSSR count). The molecule has 0 saturated heterocycles. The van der Waals surface area contributed by atoms with Crippen LogP contribution in [0.15, 0.2) is 60.7 Å². The highest BCUT2D eigenvalue weighted by atomic mass is 16.2. The van der Waals surface area contributed by atoms with Crippen LogP contribution in [0.25, 0.3) is 0 Å². The summed E-state index contributed by atoms with van der Waals surface area (Å²) in [5, 5.41) is 8.49. The minimum absolute atomic E-state index is 0.0416. The second-order valence-corrected chi connectivity index (χ2v) is 7.73. The van der Waals surface area contributed by atoms with Crippen molar-refractivity contribution in [3.05, 3.63) is 71.8 Å². The van der Waals surface area contributed by atoms with E-state index >= 15 is 0 Å². The van der Waals surface area contributed by atoms with Gasteiger partial charge in [-0.3, -0.25) is 15.4 Å². The van der Waals surface area contributed by atoms with Gasteiger partial charge in [0.2, 0.25) is 5.91 Å². The lowest BCUT2D eigenvalue weighted by Crippen LogP contribution is -2.52. The molecule has 0 saturated carbocycles. The third kappa shape index (κ3) is 7.23. The van der Waals surface area contributed by atoms with Crippen molar-refractivity contribution in [2.45, 2.75) is 51.7 Å². The van der Waals surface area contributed by atoms with Crippen LogP contribution < -0.4 is 16.0 Å². The van der Waals surface area contributed by atoms with Crippen molar-refractivity contribution in [1.29, 1.82) is 0 Å². The van der Waals surface area contributed by atoms with E-state index in [4.69, 9.17) is 0 Å². The number of amides is 3. The standard InChI is InChI=1S/C22H29N3O2/c1-16(20(26)24-21(27)25-22(2,3)4)23-19(18-13-9-6-10-14-18)15-17-11-7-5-8-12-17/h5-14,16,19,23H,15H2,1-4H3,(H2,24,25,26,27). The van der Waals surface area contributed by atoms with Crippen LogP contribution >= 0.6 is 0 Å². The molecular formula is C22H29N3O2. The molecular weight excluding hydrogens is 338 g/mol. The number of rotatable bonds is 6. The summed E-state index contributed by atoms with van der Waals surface area (Å²) < 4.78 is 0. The van der Waals surface area contributed by atoms with E-state index in [-0.39, 0.29) is 11.9 Å². The van der Waals surface area contributed by atoms with Gasteiger partial charge in [0, 0.05) is 11.6 Å². The van der Waals surface area contributed by atoms with Crippen molar-refractivity contribution in [2.24, 2.45) is 0 Å². The number of carbonyl (C=O) groups is 2. The number of benzene rings is 2. The fourth-order valence-corrected chi connectivity index (χ4v) is 2.78. The lowest BCUT2D eigenvalue weighted by Gasteiger charge is -2.25. The Hall–Kier alpha value is -2.66. The van der Waals surface area contributed by atoms with E-state index in [0.29, 0.717) is 0 Å². The van der Waals surface area contributed by atoms with Crippen molar-refractivity contribution in [3.8, 4) is 0 Å². The first-order chi connectivity index (χ1) is 12.7. The Balaban J connectivity index is 2.05. The summed E-state index contributed by atoms with van der Waals surface area (Å²) in [6, 6.07) is 19.1. The van der Waals surface area contributed by atoms with Gasteiger partial charge in [-0.25, -0.2) is 4.79 Å². The summed E-state index contributed by atoms with van der Waals surface area (Å²) in [4.78, 5) is 24.4. The number of carbonyl (C=O) groups excluding carboxylic acids is 2. The lowest BCUT2D eigenvalue weighted by atomic mass is 9.98. The number of hydrogen-bond acceptors (Lipinski definition) is 3. The highest BCUT2D eigenvalue weighted by Gasteiger charge is 2.22. The fourth-order valence-electron chi connectivity index (χ4n) is 2.78.